The van der Waals surface area contributed by atoms with Gasteiger partial charge in [0.25, 0.3) is 0 Å². The Morgan fingerprint density at radius 3 is 2.68 bits per heavy atom. The number of aryl methyl sites for hydroxylation is 1. The fourth-order valence-corrected chi connectivity index (χ4v) is 2.10. The van der Waals surface area contributed by atoms with Gasteiger partial charge in [-0.25, -0.2) is 4.39 Å². The molecule has 2 rings (SSSR count). The first-order chi connectivity index (χ1) is 9.15. The minimum Gasteiger partial charge on any atom is -0.495 e. The van der Waals surface area contributed by atoms with Crippen LogP contribution < -0.4 is 4.74 Å². The van der Waals surface area contributed by atoms with Crippen LogP contribution >= 0.6 is 0 Å². The van der Waals surface area contributed by atoms with Gasteiger partial charge in [-0.15, -0.1) is 0 Å². The lowest BCUT2D eigenvalue weighted by molar-refractivity contribution is 0.413. The molecule has 0 heterocycles. The maximum absolute atomic E-state index is 13.2. The summed E-state index contributed by atoms with van der Waals surface area (Å²) >= 11 is 0. The zero-order valence-corrected chi connectivity index (χ0v) is 10.9. The summed E-state index contributed by atoms with van der Waals surface area (Å²) in [6.45, 7) is 1.94. The molecular formula is C16H14FNO. The molecule has 0 aliphatic rings. The molecule has 2 aromatic rings. The topological polar surface area (TPSA) is 33.0 Å². The zero-order valence-electron chi connectivity index (χ0n) is 10.9. The van der Waals surface area contributed by atoms with E-state index < -0.39 is 0 Å². The third-order valence-corrected chi connectivity index (χ3v) is 3.11. The van der Waals surface area contributed by atoms with E-state index in [1.54, 1.807) is 12.1 Å². The molecule has 0 unspecified atom stereocenters. The summed E-state index contributed by atoms with van der Waals surface area (Å²) in [7, 11) is 1.54. The van der Waals surface area contributed by atoms with Gasteiger partial charge >= 0.3 is 0 Å². The SMILES string of the molecule is COc1ccc(C)c(Cc2cccc(F)c2)c1C#N. The summed E-state index contributed by atoms with van der Waals surface area (Å²) in [6, 6.07) is 12.3. The molecule has 0 bridgehead atoms. The van der Waals surface area contributed by atoms with Crippen molar-refractivity contribution in [2.75, 3.05) is 7.11 Å². The molecule has 0 radical (unpaired) electrons. The average Bonchev–Trinajstić information content (AvgIpc) is 2.41. The fraction of sp³-hybridized carbons (Fsp3) is 0.188. The van der Waals surface area contributed by atoms with Crippen LogP contribution in [-0.4, -0.2) is 7.11 Å². The third kappa shape index (κ3) is 2.74. The number of nitriles is 1. The van der Waals surface area contributed by atoms with Crippen LogP contribution in [0.3, 0.4) is 0 Å². The molecule has 0 fully saturated rings. The van der Waals surface area contributed by atoms with Crippen LogP contribution in [0.4, 0.5) is 4.39 Å². The molecule has 0 aliphatic carbocycles. The van der Waals surface area contributed by atoms with E-state index >= 15 is 0 Å². The van der Waals surface area contributed by atoms with Gasteiger partial charge in [-0.05, 0) is 48.2 Å². The minimum atomic E-state index is -0.267. The Balaban J connectivity index is 2.48. The van der Waals surface area contributed by atoms with Gasteiger partial charge in [-0.3, -0.25) is 0 Å². The largest absolute Gasteiger partial charge is 0.495 e. The van der Waals surface area contributed by atoms with E-state index in [2.05, 4.69) is 6.07 Å². The molecule has 0 N–H and O–H groups in total. The standard InChI is InChI=1S/C16H14FNO/c1-11-6-7-16(19-2)15(10-18)14(11)9-12-4-3-5-13(17)8-12/h3-8H,9H2,1-2H3. The molecule has 0 saturated carbocycles. The molecule has 0 atom stereocenters. The van der Waals surface area contributed by atoms with Crippen molar-refractivity contribution in [3.8, 4) is 11.8 Å². The van der Waals surface area contributed by atoms with Gasteiger partial charge in [0.15, 0.2) is 0 Å². The van der Waals surface area contributed by atoms with Gasteiger partial charge in [0.1, 0.15) is 17.6 Å². The highest BCUT2D eigenvalue weighted by atomic mass is 19.1. The van der Waals surface area contributed by atoms with E-state index in [9.17, 15) is 9.65 Å². The van der Waals surface area contributed by atoms with E-state index in [4.69, 9.17) is 4.74 Å². The zero-order chi connectivity index (χ0) is 13.8. The highest BCUT2D eigenvalue weighted by Gasteiger charge is 2.12. The highest BCUT2D eigenvalue weighted by molar-refractivity contribution is 5.53. The molecule has 19 heavy (non-hydrogen) atoms. The number of hydrogen-bond acceptors (Lipinski definition) is 2. The number of hydrogen-bond donors (Lipinski definition) is 0. The Morgan fingerprint density at radius 2 is 2.05 bits per heavy atom. The lowest BCUT2D eigenvalue weighted by atomic mass is 9.95. The summed E-state index contributed by atoms with van der Waals surface area (Å²) < 4.78 is 18.4. The Kier molecular flexibility index (Phi) is 3.82. The van der Waals surface area contributed by atoms with Crippen molar-refractivity contribution < 1.29 is 9.13 Å². The predicted octanol–water partition coefficient (Wildman–Crippen LogP) is 3.61. The number of halogens is 1. The van der Waals surface area contributed by atoms with Gasteiger partial charge in [-0.1, -0.05) is 18.2 Å². The quantitative estimate of drug-likeness (QED) is 0.839. The van der Waals surface area contributed by atoms with Crippen molar-refractivity contribution in [1.82, 2.24) is 0 Å². The minimum absolute atomic E-state index is 0.267. The van der Waals surface area contributed by atoms with Crippen LogP contribution in [0.5, 0.6) is 5.75 Å². The van der Waals surface area contributed by atoms with E-state index in [1.807, 2.05) is 19.1 Å². The Bertz CT molecular complexity index is 644. The second-order valence-electron chi connectivity index (χ2n) is 4.36. The normalized spacial score (nSPS) is 10.0. The molecule has 0 spiro atoms. The summed E-state index contributed by atoms with van der Waals surface area (Å²) in [5.41, 5.74) is 3.24. The Morgan fingerprint density at radius 1 is 1.26 bits per heavy atom. The first kappa shape index (κ1) is 13.1. The predicted molar refractivity (Wildman–Crippen MR) is 71.7 cm³/mol. The van der Waals surface area contributed by atoms with Gasteiger partial charge in [0.05, 0.1) is 12.7 Å². The summed E-state index contributed by atoms with van der Waals surface area (Å²) in [5, 5.41) is 9.28. The van der Waals surface area contributed by atoms with Crippen LogP contribution in [0.15, 0.2) is 36.4 Å². The molecule has 3 heteroatoms. The van der Waals surface area contributed by atoms with Crippen LogP contribution in [0, 0.1) is 24.1 Å². The molecule has 2 aromatic carbocycles. The number of nitrogens with zero attached hydrogens (tertiary/aromatic N) is 1. The van der Waals surface area contributed by atoms with Crippen LogP contribution in [-0.2, 0) is 6.42 Å². The van der Waals surface area contributed by atoms with Gasteiger partial charge < -0.3 is 4.74 Å². The molecular weight excluding hydrogens is 241 g/mol. The van der Waals surface area contributed by atoms with E-state index in [0.29, 0.717) is 17.7 Å². The lowest BCUT2D eigenvalue weighted by Crippen LogP contribution is -1.99. The molecule has 2 nitrogen and oxygen atoms in total. The molecule has 0 saturated heterocycles. The monoisotopic (exact) mass is 255 g/mol. The van der Waals surface area contributed by atoms with Crippen molar-refractivity contribution in [3.05, 3.63) is 64.5 Å². The van der Waals surface area contributed by atoms with Gasteiger partial charge in [0, 0.05) is 0 Å². The molecule has 0 aliphatic heterocycles. The number of benzene rings is 2. The number of methoxy groups -OCH3 is 1. The highest BCUT2D eigenvalue weighted by Crippen LogP contribution is 2.26. The molecule has 96 valence electrons. The Hall–Kier alpha value is -2.34. The number of rotatable bonds is 3. The first-order valence-corrected chi connectivity index (χ1v) is 5.96. The summed E-state index contributed by atoms with van der Waals surface area (Å²) in [4.78, 5) is 0. The van der Waals surface area contributed by atoms with Crippen molar-refractivity contribution >= 4 is 0 Å². The van der Waals surface area contributed by atoms with Crippen molar-refractivity contribution in [2.24, 2.45) is 0 Å². The third-order valence-electron chi connectivity index (χ3n) is 3.11. The van der Waals surface area contributed by atoms with Crippen molar-refractivity contribution in [3.63, 3.8) is 0 Å². The van der Waals surface area contributed by atoms with E-state index in [1.165, 1.54) is 19.2 Å². The lowest BCUT2D eigenvalue weighted by Gasteiger charge is -2.12. The first-order valence-electron chi connectivity index (χ1n) is 5.96. The smallest absolute Gasteiger partial charge is 0.136 e. The fourth-order valence-electron chi connectivity index (χ4n) is 2.10. The summed E-state index contributed by atoms with van der Waals surface area (Å²) in [6.07, 6.45) is 0.518. The van der Waals surface area contributed by atoms with Crippen LogP contribution in [0.1, 0.15) is 22.3 Å². The van der Waals surface area contributed by atoms with Crippen molar-refractivity contribution in [1.29, 1.82) is 5.26 Å². The Labute approximate surface area is 112 Å². The maximum Gasteiger partial charge on any atom is 0.136 e. The van der Waals surface area contributed by atoms with E-state index in [0.717, 1.165) is 16.7 Å². The van der Waals surface area contributed by atoms with Crippen LogP contribution in [0.25, 0.3) is 0 Å². The van der Waals surface area contributed by atoms with Crippen molar-refractivity contribution in [2.45, 2.75) is 13.3 Å². The van der Waals surface area contributed by atoms with E-state index in [-0.39, 0.29) is 5.82 Å². The van der Waals surface area contributed by atoms with Gasteiger partial charge in [-0.2, -0.15) is 5.26 Å². The molecule has 0 aromatic heterocycles. The molecule has 0 amide bonds. The maximum atomic E-state index is 13.2. The van der Waals surface area contributed by atoms with Gasteiger partial charge in [0.2, 0.25) is 0 Å². The van der Waals surface area contributed by atoms with Crippen LogP contribution in [0.2, 0.25) is 0 Å². The second kappa shape index (κ2) is 5.53. The average molecular weight is 255 g/mol. The summed E-state index contributed by atoms with van der Waals surface area (Å²) in [5.74, 6) is 0.288. The number of ether oxygens (including phenoxy) is 1. The second-order valence-corrected chi connectivity index (χ2v) is 4.36.